The molecule has 0 radical (unpaired) electrons. The van der Waals surface area contributed by atoms with Crippen molar-refractivity contribution < 1.29 is 9.47 Å². The maximum absolute atomic E-state index is 5.76. The Morgan fingerprint density at radius 1 is 1.53 bits per heavy atom. The van der Waals surface area contributed by atoms with Crippen LogP contribution in [0, 0.1) is 0 Å². The lowest BCUT2D eigenvalue weighted by Gasteiger charge is -2.36. The van der Waals surface area contributed by atoms with Gasteiger partial charge in [0.15, 0.2) is 0 Å². The summed E-state index contributed by atoms with van der Waals surface area (Å²) in [5.41, 5.74) is 6.65. The molecular weight excluding hydrogens is 216 g/mol. The lowest BCUT2D eigenvalue weighted by atomic mass is 10.1. The van der Waals surface area contributed by atoms with E-state index in [0.717, 1.165) is 43.2 Å². The van der Waals surface area contributed by atoms with Gasteiger partial charge in [-0.25, -0.2) is 0 Å². The predicted octanol–water partition coefficient (Wildman–Crippen LogP) is 1.63. The van der Waals surface area contributed by atoms with E-state index in [1.54, 1.807) is 7.11 Å². The summed E-state index contributed by atoms with van der Waals surface area (Å²) in [6.07, 6.45) is 2.08. The molecule has 0 spiro atoms. The first-order chi connectivity index (χ1) is 8.26. The second kappa shape index (κ2) is 5.27. The standard InChI is InChI=1S/C13H20N2O2/c1-15-10(4-3-7-14)9-17-13-6-5-11(16-2)8-12(13)15/h5-6,8,10H,3-4,7,9,14H2,1-2H3. The summed E-state index contributed by atoms with van der Waals surface area (Å²) in [5, 5.41) is 0. The Balaban J connectivity index is 2.18. The number of ether oxygens (including phenoxy) is 2. The second-order valence-corrected chi connectivity index (χ2v) is 4.34. The van der Waals surface area contributed by atoms with E-state index in [-0.39, 0.29) is 0 Å². The Hall–Kier alpha value is -1.42. The van der Waals surface area contributed by atoms with Gasteiger partial charge in [0.2, 0.25) is 0 Å². The van der Waals surface area contributed by atoms with Crippen molar-refractivity contribution in [1.82, 2.24) is 0 Å². The molecule has 0 saturated carbocycles. The molecule has 17 heavy (non-hydrogen) atoms. The Labute approximate surface area is 102 Å². The van der Waals surface area contributed by atoms with E-state index >= 15 is 0 Å². The van der Waals surface area contributed by atoms with Crippen LogP contribution >= 0.6 is 0 Å². The first kappa shape index (κ1) is 12.0. The van der Waals surface area contributed by atoms with Gasteiger partial charge in [0, 0.05) is 13.1 Å². The third-order valence-electron chi connectivity index (χ3n) is 3.27. The fourth-order valence-corrected chi connectivity index (χ4v) is 2.15. The van der Waals surface area contributed by atoms with Gasteiger partial charge in [0.25, 0.3) is 0 Å². The van der Waals surface area contributed by atoms with Crippen molar-refractivity contribution in [3.05, 3.63) is 18.2 Å². The lowest BCUT2D eigenvalue weighted by Crippen LogP contribution is -2.40. The van der Waals surface area contributed by atoms with Gasteiger partial charge in [-0.2, -0.15) is 0 Å². The minimum Gasteiger partial charge on any atom is -0.497 e. The Morgan fingerprint density at radius 2 is 2.35 bits per heavy atom. The normalized spacial score (nSPS) is 18.5. The topological polar surface area (TPSA) is 47.7 Å². The SMILES string of the molecule is COc1ccc2c(c1)N(C)C(CCCN)CO2. The van der Waals surface area contributed by atoms with E-state index in [1.165, 1.54) is 0 Å². The molecule has 2 N–H and O–H groups in total. The minimum atomic E-state index is 0.401. The summed E-state index contributed by atoms with van der Waals surface area (Å²) in [6.45, 7) is 1.46. The number of nitrogens with zero attached hydrogens (tertiary/aromatic N) is 1. The first-order valence-corrected chi connectivity index (χ1v) is 6.00. The number of benzene rings is 1. The van der Waals surface area contributed by atoms with Crippen LogP contribution in [-0.2, 0) is 0 Å². The second-order valence-electron chi connectivity index (χ2n) is 4.34. The highest BCUT2D eigenvalue weighted by Gasteiger charge is 2.24. The molecular formula is C13H20N2O2. The van der Waals surface area contributed by atoms with Crippen LogP contribution in [0.4, 0.5) is 5.69 Å². The van der Waals surface area contributed by atoms with E-state index in [4.69, 9.17) is 15.2 Å². The molecule has 1 heterocycles. The molecule has 1 atom stereocenters. The van der Waals surface area contributed by atoms with Gasteiger partial charge in [-0.1, -0.05) is 0 Å². The van der Waals surface area contributed by atoms with E-state index in [1.807, 2.05) is 18.2 Å². The van der Waals surface area contributed by atoms with Crippen LogP contribution in [0.3, 0.4) is 0 Å². The average molecular weight is 236 g/mol. The number of rotatable bonds is 4. The fraction of sp³-hybridized carbons (Fsp3) is 0.538. The zero-order valence-electron chi connectivity index (χ0n) is 10.5. The molecule has 2 rings (SSSR count). The van der Waals surface area contributed by atoms with Crippen LogP contribution in [0.15, 0.2) is 18.2 Å². The number of hydrogen-bond donors (Lipinski definition) is 1. The van der Waals surface area contributed by atoms with Gasteiger partial charge in [0.05, 0.1) is 18.8 Å². The fourth-order valence-electron chi connectivity index (χ4n) is 2.15. The Kier molecular flexibility index (Phi) is 3.74. The van der Waals surface area contributed by atoms with Crippen molar-refractivity contribution in [1.29, 1.82) is 0 Å². The largest absolute Gasteiger partial charge is 0.497 e. The Bertz CT molecular complexity index is 382. The highest BCUT2D eigenvalue weighted by molar-refractivity contribution is 5.63. The van der Waals surface area contributed by atoms with Gasteiger partial charge < -0.3 is 20.1 Å². The van der Waals surface area contributed by atoms with Crippen LogP contribution in [0.1, 0.15) is 12.8 Å². The molecule has 0 aromatic heterocycles. The third kappa shape index (κ3) is 2.47. The van der Waals surface area contributed by atoms with Crippen molar-refractivity contribution in [2.24, 2.45) is 5.73 Å². The summed E-state index contributed by atoms with van der Waals surface area (Å²) in [4.78, 5) is 2.26. The van der Waals surface area contributed by atoms with Crippen molar-refractivity contribution in [3.8, 4) is 11.5 Å². The van der Waals surface area contributed by atoms with Gasteiger partial charge >= 0.3 is 0 Å². The maximum Gasteiger partial charge on any atom is 0.142 e. The van der Waals surface area contributed by atoms with Crippen molar-refractivity contribution in [3.63, 3.8) is 0 Å². The van der Waals surface area contributed by atoms with E-state index in [2.05, 4.69) is 11.9 Å². The summed E-state index contributed by atoms with van der Waals surface area (Å²) in [5.74, 6) is 1.79. The van der Waals surface area contributed by atoms with Gasteiger partial charge in [-0.05, 0) is 31.5 Å². The molecule has 0 aliphatic carbocycles. The zero-order valence-corrected chi connectivity index (χ0v) is 10.5. The smallest absolute Gasteiger partial charge is 0.142 e. The molecule has 1 unspecified atom stereocenters. The number of fused-ring (bicyclic) bond motifs is 1. The lowest BCUT2D eigenvalue weighted by molar-refractivity contribution is 0.258. The molecule has 1 aromatic rings. The number of nitrogens with two attached hydrogens (primary N) is 1. The van der Waals surface area contributed by atoms with Crippen LogP contribution < -0.4 is 20.1 Å². The molecule has 1 aromatic carbocycles. The Morgan fingerprint density at radius 3 is 3.06 bits per heavy atom. The predicted molar refractivity (Wildman–Crippen MR) is 69.0 cm³/mol. The molecule has 94 valence electrons. The molecule has 0 fully saturated rings. The van der Waals surface area contributed by atoms with E-state index < -0.39 is 0 Å². The number of hydrogen-bond acceptors (Lipinski definition) is 4. The molecule has 4 nitrogen and oxygen atoms in total. The zero-order chi connectivity index (χ0) is 12.3. The average Bonchev–Trinajstić information content (AvgIpc) is 2.38. The van der Waals surface area contributed by atoms with Crippen LogP contribution in [0.5, 0.6) is 11.5 Å². The highest BCUT2D eigenvalue weighted by atomic mass is 16.5. The van der Waals surface area contributed by atoms with Crippen molar-refractivity contribution in [2.75, 3.05) is 32.2 Å². The summed E-state index contributed by atoms with van der Waals surface area (Å²) in [6, 6.07) is 6.30. The monoisotopic (exact) mass is 236 g/mol. The molecule has 1 aliphatic rings. The van der Waals surface area contributed by atoms with Gasteiger partial charge in [-0.3, -0.25) is 0 Å². The summed E-state index contributed by atoms with van der Waals surface area (Å²) in [7, 11) is 3.78. The summed E-state index contributed by atoms with van der Waals surface area (Å²) >= 11 is 0. The van der Waals surface area contributed by atoms with Gasteiger partial charge in [0.1, 0.15) is 18.1 Å². The summed E-state index contributed by atoms with van der Waals surface area (Å²) < 4.78 is 11.0. The first-order valence-electron chi connectivity index (χ1n) is 6.00. The number of anilines is 1. The number of methoxy groups -OCH3 is 1. The van der Waals surface area contributed by atoms with Gasteiger partial charge in [-0.15, -0.1) is 0 Å². The molecule has 4 heteroatoms. The minimum absolute atomic E-state index is 0.401. The number of likely N-dealkylation sites (N-methyl/N-ethyl adjacent to an activating group) is 1. The van der Waals surface area contributed by atoms with Crippen LogP contribution in [0.25, 0.3) is 0 Å². The molecule has 1 aliphatic heterocycles. The molecule has 0 saturated heterocycles. The third-order valence-corrected chi connectivity index (χ3v) is 3.27. The quantitative estimate of drug-likeness (QED) is 0.863. The molecule has 0 amide bonds. The molecule has 0 bridgehead atoms. The van der Waals surface area contributed by atoms with Crippen molar-refractivity contribution in [2.45, 2.75) is 18.9 Å². The van der Waals surface area contributed by atoms with Crippen LogP contribution in [-0.4, -0.2) is 33.4 Å². The van der Waals surface area contributed by atoms with E-state index in [0.29, 0.717) is 6.04 Å². The maximum atomic E-state index is 5.76. The highest BCUT2D eigenvalue weighted by Crippen LogP contribution is 2.36. The van der Waals surface area contributed by atoms with E-state index in [9.17, 15) is 0 Å². The van der Waals surface area contributed by atoms with Crippen LogP contribution in [0.2, 0.25) is 0 Å². The van der Waals surface area contributed by atoms with Crippen molar-refractivity contribution >= 4 is 5.69 Å².